The zero-order valence-corrected chi connectivity index (χ0v) is 34.9. The summed E-state index contributed by atoms with van der Waals surface area (Å²) in [4.78, 5) is 0. The summed E-state index contributed by atoms with van der Waals surface area (Å²) >= 11 is 58.5. The molecule has 0 spiro atoms. The topological polar surface area (TPSA) is 0 Å². The number of hydrogen-bond donors (Lipinski definition) is 0. The standard InChI is InChI=1S/C7Br16/c8-1(9,2(10,11)4(14,15)6(18,19)20)3(12,13)5(16,17)7(21,22)23. The lowest BCUT2D eigenvalue weighted by atomic mass is 10.1. The molecule has 0 heterocycles. The Kier molecular flexibility index (Phi) is 13.2. The Morgan fingerprint density at radius 2 is 0.348 bits per heavy atom. The molecule has 0 aliphatic rings. The molecule has 0 bridgehead atoms. The van der Waals surface area contributed by atoms with Crippen molar-refractivity contribution in [1.82, 2.24) is 0 Å². The van der Waals surface area contributed by atoms with Crippen molar-refractivity contribution >= 4 is 255 Å². The van der Waals surface area contributed by atoms with Crippen molar-refractivity contribution in [3.63, 3.8) is 0 Å². The fourth-order valence-electron chi connectivity index (χ4n) is 0.948. The number of halogens is 16. The number of hydrogen-bond acceptors (Lipinski definition) is 0. The molecular formula is C7Br16. The van der Waals surface area contributed by atoms with Gasteiger partial charge in [0.15, 0.2) is 4.29 Å². The van der Waals surface area contributed by atoms with Gasteiger partial charge in [0.05, 0.1) is 0 Å². The van der Waals surface area contributed by atoms with E-state index in [0.717, 1.165) is 0 Å². The maximum atomic E-state index is 3.77. The summed E-state index contributed by atoms with van der Waals surface area (Å²) in [5.41, 5.74) is 0. The Hall–Kier alpha value is 7.68. The molecule has 0 N–H and O–H groups in total. The summed E-state index contributed by atoms with van der Waals surface area (Å²) in [5.74, 6) is 0. The zero-order valence-electron chi connectivity index (χ0n) is 9.55. The van der Waals surface area contributed by atoms with Crippen LogP contribution in [0.1, 0.15) is 0 Å². The van der Waals surface area contributed by atoms with Gasteiger partial charge in [0, 0.05) is 0 Å². The molecule has 0 radical (unpaired) electrons. The van der Waals surface area contributed by atoms with Crippen LogP contribution in [0.4, 0.5) is 0 Å². The van der Waals surface area contributed by atoms with E-state index in [4.69, 9.17) is 0 Å². The van der Waals surface area contributed by atoms with Crippen molar-refractivity contribution in [2.75, 3.05) is 0 Å². The molecular weight excluding hydrogens is 1360 g/mol. The monoisotopic (exact) mass is 1350 g/mol. The van der Waals surface area contributed by atoms with E-state index in [2.05, 4.69) is 255 Å². The van der Waals surface area contributed by atoms with Crippen LogP contribution >= 0.6 is 255 Å². The van der Waals surface area contributed by atoms with E-state index in [1.165, 1.54) is 0 Å². The minimum absolute atomic E-state index is 0.731. The predicted octanol–water partition coefficient (Wildman–Crippen LogP) is 12.1. The van der Waals surface area contributed by atoms with Gasteiger partial charge >= 0.3 is 0 Å². The number of alkyl halides is 16. The van der Waals surface area contributed by atoms with Crippen LogP contribution < -0.4 is 0 Å². The second-order valence-electron chi connectivity index (χ2n) is 3.87. The highest BCUT2D eigenvalue weighted by atomic mass is 80.0. The molecule has 23 heavy (non-hydrogen) atoms. The third-order valence-electron chi connectivity index (χ3n) is 2.29. The van der Waals surface area contributed by atoms with Gasteiger partial charge in [0.2, 0.25) is 0 Å². The van der Waals surface area contributed by atoms with Crippen LogP contribution in [0.15, 0.2) is 0 Å². The van der Waals surface area contributed by atoms with Crippen molar-refractivity contribution in [1.29, 1.82) is 0 Å². The average Bonchev–Trinajstić information content (AvgIpc) is 2.24. The molecule has 0 aromatic rings. The first kappa shape index (κ1) is 30.7. The molecule has 0 aliphatic heterocycles. The molecule has 0 rings (SSSR count). The van der Waals surface area contributed by atoms with Crippen molar-refractivity contribution < 1.29 is 0 Å². The Morgan fingerprint density at radius 1 is 0.217 bits per heavy atom. The molecule has 0 unspecified atom stereocenters. The first-order valence-electron chi connectivity index (χ1n) is 4.52. The van der Waals surface area contributed by atoms with Gasteiger partial charge in [-0.2, -0.15) is 0 Å². The lowest BCUT2D eigenvalue weighted by molar-refractivity contribution is 0.634. The van der Waals surface area contributed by atoms with Crippen LogP contribution in [-0.2, 0) is 0 Å². The third-order valence-corrected chi connectivity index (χ3v) is 32.7. The maximum absolute atomic E-state index is 3.77. The normalized spacial score (nSPS) is 16.7. The Morgan fingerprint density at radius 3 is 0.478 bits per heavy atom. The molecule has 0 aromatic carbocycles. The Bertz CT molecular complexity index is 394. The quantitative estimate of drug-likeness (QED) is 0.246. The highest BCUT2D eigenvalue weighted by Crippen LogP contribution is 2.76. The van der Waals surface area contributed by atoms with E-state index in [1.54, 1.807) is 0 Å². The van der Waals surface area contributed by atoms with Crippen LogP contribution in [0.2, 0.25) is 0 Å². The van der Waals surface area contributed by atoms with Gasteiger partial charge in [0.25, 0.3) is 0 Å². The van der Waals surface area contributed by atoms with Crippen molar-refractivity contribution in [2.24, 2.45) is 0 Å². The molecule has 0 nitrogen and oxygen atoms in total. The van der Waals surface area contributed by atoms with Crippen molar-refractivity contribution in [3.8, 4) is 0 Å². The summed E-state index contributed by atoms with van der Waals surface area (Å²) in [6.45, 7) is 0. The molecule has 0 fully saturated rings. The van der Waals surface area contributed by atoms with Crippen LogP contribution in [0.25, 0.3) is 0 Å². The van der Waals surface area contributed by atoms with Gasteiger partial charge in [-0.05, 0) is 0 Å². The minimum atomic E-state index is -0.902. The summed E-state index contributed by atoms with van der Waals surface area (Å²) < 4.78 is -5.76. The highest BCUT2D eigenvalue weighted by Gasteiger charge is 2.75. The van der Waals surface area contributed by atoms with E-state index in [-0.39, 0.29) is 0 Å². The van der Waals surface area contributed by atoms with Gasteiger partial charge in [-0.25, -0.2) is 0 Å². The minimum Gasteiger partial charge on any atom is -0.0675 e. The molecule has 0 saturated carbocycles. The van der Waals surface area contributed by atoms with E-state index in [0.29, 0.717) is 0 Å². The lowest BCUT2D eigenvalue weighted by Crippen LogP contribution is -2.65. The fourth-order valence-corrected chi connectivity index (χ4v) is 13.9. The first-order chi connectivity index (χ1) is 9.50. The van der Waals surface area contributed by atoms with Crippen LogP contribution in [0.5, 0.6) is 0 Å². The van der Waals surface area contributed by atoms with Crippen molar-refractivity contribution in [2.45, 2.75) is 20.5 Å². The third kappa shape index (κ3) is 5.98. The average molecular weight is 1360 g/mol. The van der Waals surface area contributed by atoms with Gasteiger partial charge in [-0.1, -0.05) is 255 Å². The van der Waals surface area contributed by atoms with Gasteiger partial charge < -0.3 is 0 Å². The van der Waals surface area contributed by atoms with Gasteiger partial charge in [-0.3, -0.25) is 0 Å². The molecule has 0 aliphatic carbocycles. The second-order valence-corrected chi connectivity index (χ2v) is 34.6. The molecule has 140 valence electrons. The Balaban J connectivity index is 6.37. The van der Waals surface area contributed by atoms with E-state index in [9.17, 15) is 0 Å². The summed E-state index contributed by atoms with van der Waals surface area (Å²) in [5, 5.41) is 0. The van der Waals surface area contributed by atoms with Crippen molar-refractivity contribution in [3.05, 3.63) is 0 Å². The second kappa shape index (κ2) is 9.89. The first-order valence-corrected chi connectivity index (χ1v) is 17.2. The number of rotatable bonds is 4. The SMILES string of the molecule is BrC(Br)(Br)C(Br)(Br)C(Br)(Br)C(Br)(Br)C(Br)(Br)C(Br)(Br)C(Br)(Br)Br. The summed E-state index contributed by atoms with van der Waals surface area (Å²) in [6, 6.07) is 0. The highest BCUT2D eigenvalue weighted by molar-refractivity contribution is 9.43. The lowest BCUT2D eigenvalue weighted by Gasteiger charge is -2.55. The van der Waals surface area contributed by atoms with Gasteiger partial charge in [-0.15, -0.1) is 0 Å². The van der Waals surface area contributed by atoms with Crippen LogP contribution in [-0.4, -0.2) is 20.5 Å². The fraction of sp³-hybridized carbons (Fsp3) is 1.00. The predicted molar refractivity (Wildman–Crippen MR) is 162 cm³/mol. The molecule has 0 amide bonds. The summed E-state index contributed by atoms with van der Waals surface area (Å²) in [6.07, 6.45) is 0. The van der Waals surface area contributed by atoms with Crippen LogP contribution in [0.3, 0.4) is 0 Å². The molecule has 0 aromatic heterocycles. The van der Waals surface area contributed by atoms with E-state index >= 15 is 0 Å². The smallest absolute Gasteiger partial charge is 0.0675 e. The van der Waals surface area contributed by atoms with E-state index in [1.807, 2.05) is 0 Å². The summed E-state index contributed by atoms with van der Waals surface area (Å²) in [7, 11) is 0. The molecule has 0 atom stereocenters. The Labute approximate surface area is 269 Å². The zero-order chi connectivity index (χ0) is 19.5. The maximum Gasteiger partial charge on any atom is 0.162 e. The molecule has 0 saturated heterocycles. The van der Waals surface area contributed by atoms with Gasteiger partial charge in [0.1, 0.15) is 16.2 Å². The van der Waals surface area contributed by atoms with Crippen LogP contribution in [0, 0.1) is 0 Å². The van der Waals surface area contributed by atoms with E-state index < -0.39 is 20.5 Å². The largest absolute Gasteiger partial charge is 0.162 e. The molecule has 16 heteroatoms.